The molecule has 1 aromatic heterocycles. The van der Waals surface area contributed by atoms with E-state index in [4.69, 9.17) is 30.9 Å². The molecule has 0 radical (unpaired) electrons. The van der Waals surface area contributed by atoms with Gasteiger partial charge in [0.1, 0.15) is 17.2 Å². The van der Waals surface area contributed by atoms with E-state index in [0.717, 1.165) is 44.1 Å². The van der Waals surface area contributed by atoms with Gasteiger partial charge in [-0.1, -0.05) is 11.6 Å². The molecule has 3 aromatic rings. The average Bonchev–Trinajstić information content (AvgIpc) is 3.30. The van der Waals surface area contributed by atoms with Gasteiger partial charge in [0.15, 0.2) is 0 Å². The first-order valence-electron chi connectivity index (χ1n) is 10.8. The SMILES string of the molecule is COc1ccc(-c2cc(C(=O)NCCN3CCOCC3)n(-c3ccc(Cl)cc3)n2)c(OC)c1. The van der Waals surface area contributed by atoms with Crippen molar-refractivity contribution in [2.75, 3.05) is 53.6 Å². The number of morpholine rings is 1. The fraction of sp³-hybridized carbons (Fsp3) is 0.333. The number of hydrogen-bond acceptors (Lipinski definition) is 6. The van der Waals surface area contributed by atoms with Crippen LogP contribution in [0.2, 0.25) is 5.02 Å². The van der Waals surface area contributed by atoms with Crippen LogP contribution in [-0.2, 0) is 4.74 Å². The summed E-state index contributed by atoms with van der Waals surface area (Å²) in [4.78, 5) is 15.4. The summed E-state index contributed by atoms with van der Waals surface area (Å²) < 4.78 is 17.8. The third kappa shape index (κ3) is 5.47. The number of aromatic nitrogens is 2. The molecule has 2 aromatic carbocycles. The van der Waals surface area contributed by atoms with Crippen LogP contribution < -0.4 is 14.8 Å². The summed E-state index contributed by atoms with van der Waals surface area (Å²) in [6.07, 6.45) is 0. The Morgan fingerprint density at radius 2 is 1.85 bits per heavy atom. The molecule has 1 amide bonds. The number of rotatable bonds is 8. The largest absolute Gasteiger partial charge is 0.497 e. The summed E-state index contributed by atoms with van der Waals surface area (Å²) in [5, 5.41) is 8.36. The fourth-order valence-corrected chi connectivity index (χ4v) is 3.83. The predicted octanol–water partition coefficient (Wildman–Crippen LogP) is 3.27. The van der Waals surface area contributed by atoms with Crippen LogP contribution in [0.4, 0.5) is 0 Å². The van der Waals surface area contributed by atoms with Crippen molar-refractivity contribution in [3.05, 3.63) is 59.2 Å². The maximum Gasteiger partial charge on any atom is 0.270 e. The molecule has 9 heteroatoms. The van der Waals surface area contributed by atoms with E-state index >= 15 is 0 Å². The van der Waals surface area contributed by atoms with Gasteiger partial charge in [0.05, 0.1) is 38.8 Å². The summed E-state index contributed by atoms with van der Waals surface area (Å²) in [5.74, 6) is 1.08. The molecule has 8 nitrogen and oxygen atoms in total. The molecule has 0 atom stereocenters. The zero-order valence-electron chi connectivity index (χ0n) is 18.7. The van der Waals surface area contributed by atoms with Crippen molar-refractivity contribution >= 4 is 17.5 Å². The highest BCUT2D eigenvalue weighted by Gasteiger charge is 2.20. The van der Waals surface area contributed by atoms with Crippen LogP contribution in [-0.4, -0.2) is 74.2 Å². The van der Waals surface area contributed by atoms with E-state index in [2.05, 4.69) is 10.2 Å². The monoisotopic (exact) mass is 470 g/mol. The Hall–Kier alpha value is -3.07. The lowest BCUT2D eigenvalue weighted by molar-refractivity contribution is 0.0383. The standard InChI is InChI=1S/C24H27ClN4O4/c1-31-19-7-8-20(23(15-19)32-2)21-16-22(29(27-21)18-5-3-17(25)4-6-18)24(30)26-9-10-28-11-13-33-14-12-28/h3-8,15-16H,9-14H2,1-2H3,(H,26,30). The Labute approximate surface area is 198 Å². The second-order valence-electron chi connectivity index (χ2n) is 7.58. The molecule has 1 N–H and O–H groups in total. The first kappa shape index (κ1) is 23.1. The van der Waals surface area contributed by atoms with Crippen molar-refractivity contribution in [2.24, 2.45) is 0 Å². The van der Waals surface area contributed by atoms with Gasteiger partial charge in [-0.3, -0.25) is 9.69 Å². The second-order valence-corrected chi connectivity index (χ2v) is 8.02. The van der Waals surface area contributed by atoms with Gasteiger partial charge in [-0.25, -0.2) is 4.68 Å². The molecule has 2 heterocycles. The minimum atomic E-state index is -0.204. The lowest BCUT2D eigenvalue weighted by Crippen LogP contribution is -2.41. The van der Waals surface area contributed by atoms with Crippen molar-refractivity contribution < 1.29 is 19.0 Å². The molecule has 0 spiro atoms. The Morgan fingerprint density at radius 3 is 2.55 bits per heavy atom. The van der Waals surface area contributed by atoms with E-state index in [9.17, 15) is 4.79 Å². The van der Waals surface area contributed by atoms with E-state index in [1.165, 1.54) is 0 Å². The number of nitrogens with zero attached hydrogens (tertiary/aromatic N) is 3. The Bertz CT molecular complexity index is 1090. The van der Waals surface area contributed by atoms with Crippen LogP contribution in [0.5, 0.6) is 11.5 Å². The molecule has 0 bridgehead atoms. The van der Waals surface area contributed by atoms with E-state index in [1.54, 1.807) is 43.2 Å². The van der Waals surface area contributed by atoms with Crippen LogP contribution in [0.15, 0.2) is 48.5 Å². The number of hydrogen-bond donors (Lipinski definition) is 1. The normalized spacial score (nSPS) is 14.2. The molecule has 33 heavy (non-hydrogen) atoms. The van der Waals surface area contributed by atoms with Crippen LogP contribution in [0, 0.1) is 0 Å². The lowest BCUT2D eigenvalue weighted by Gasteiger charge is -2.26. The molecular formula is C24H27ClN4O4. The van der Waals surface area contributed by atoms with Crippen molar-refractivity contribution in [1.29, 1.82) is 0 Å². The quantitative estimate of drug-likeness (QED) is 0.544. The third-order valence-corrected chi connectivity index (χ3v) is 5.77. The number of nitrogens with one attached hydrogen (secondary N) is 1. The molecular weight excluding hydrogens is 444 g/mol. The zero-order valence-corrected chi connectivity index (χ0v) is 19.5. The summed E-state index contributed by atoms with van der Waals surface area (Å²) in [7, 11) is 3.19. The molecule has 0 unspecified atom stereocenters. The van der Waals surface area contributed by atoms with Crippen molar-refractivity contribution in [3.63, 3.8) is 0 Å². The van der Waals surface area contributed by atoms with E-state index < -0.39 is 0 Å². The van der Waals surface area contributed by atoms with E-state index in [1.807, 2.05) is 24.3 Å². The van der Waals surface area contributed by atoms with Gasteiger partial charge < -0.3 is 19.5 Å². The molecule has 1 aliphatic rings. The molecule has 1 fully saturated rings. The Kier molecular flexibility index (Phi) is 7.49. The number of carbonyl (C=O) groups excluding carboxylic acids is 1. The summed E-state index contributed by atoms with van der Waals surface area (Å²) >= 11 is 6.06. The Balaban J connectivity index is 1.62. The summed E-state index contributed by atoms with van der Waals surface area (Å²) in [6, 6.07) is 14.5. The van der Waals surface area contributed by atoms with Gasteiger partial charge in [-0.2, -0.15) is 5.10 Å². The molecule has 4 rings (SSSR count). The van der Waals surface area contributed by atoms with Crippen LogP contribution in [0.1, 0.15) is 10.5 Å². The van der Waals surface area contributed by atoms with Gasteiger partial charge in [-0.05, 0) is 42.5 Å². The molecule has 0 saturated carbocycles. The number of benzene rings is 2. The predicted molar refractivity (Wildman–Crippen MR) is 127 cm³/mol. The van der Waals surface area contributed by atoms with E-state index in [0.29, 0.717) is 34.5 Å². The molecule has 1 saturated heterocycles. The summed E-state index contributed by atoms with van der Waals surface area (Å²) in [5.41, 5.74) is 2.53. The lowest BCUT2D eigenvalue weighted by atomic mass is 10.1. The van der Waals surface area contributed by atoms with Crippen LogP contribution in [0.25, 0.3) is 16.9 Å². The second kappa shape index (κ2) is 10.7. The third-order valence-electron chi connectivity index (χ3n) is 5.52. The van der Waals surface area contributed by atoms with Crippen molar-refractivity contribution in [2.45, 2.75) is 0 Å². The zero-order chi connectivity index (χ0) is 23.2. The van der Waals surface area contributed by atoms with Crippen LogP contribution in [0.3, 0.4) is 0 Å². The van der Waals surface area contributed by atoms with Gasteiger partial charge in [0, 0.05) is 42.8 Å². The topological polar surface area (TPSA) is 77.9 Å². The first-order chi connectivity index (χ1) is 16.1. The minimum Gasteiger partial charge on any atom is -0.497 e. The molecule has 1 aliphatic heterocycles. The number of methoxy groups -OCH3 is 2. The molecule has 0 aliphatic carbocycles. The highest BCUT2D eigenvalue weighted by Crippen LogP contribution is 2.33. The Morgan fingerprint density at radius 1 is 1.09 bits per heavy atom. The van der Waals surface area contributed by atoms with Crippen LogP contribution >= 0.6 is 11.6 Å². The summed E-state index contributed by atoms with van der Waals surface area (Å²) in [6.45, 7) is 4.50. The highest BCUT2D eigenvalue weighted by molar-refractivity contribution is 6.30. The number of carbonyl (C=O) groups is 1. The van der Waals surface area contributed by atoms with E-state index in [-0.39, 0.29) is 5.91 Å². The van der Waals surface area contributed by atoms with Gasteiger partial charge in [0.2, 0.25) is 0 Å². The number of ether oxygens (including phenoxy) is 3. The minimum absolute atomic E-state index is 0.204. The molecule has 174 valence electrons. The van der Waals surface area contributed by atoms with Gasteiger partial charge in [0.25, 0.3) is 5.91 Å². The maximum absolute atomic E-state index is 13.2. The smallest absolute Gasteiger partial charge is 0.270 e. The number of amides is 1. The fourth-order valence-electron chi connectivity index (χ4n) is 3.71. The van der Waals surface area contributed by atoms with Gasteiger partial charge in [-0.15, -0.1) is 0 Å². The van der Waals surface area contributed by atoms with Gasteiger partial charge >= 0.3 is 0 Å². The number of halogens is 1. The van der Waals surface area contributed by atoms with Crippen molar-refractivity contribution in [1.82, 2.24) is 20.0 Å². The highest BCUT2D eigenvalue weighted by atomic mass is 35.5. The first-order valence-corrected chi connectivity index (χ1v) is 11.1. The van der Waals surface area contributed by atoms with Crippen molar-refractivity contribution in [3.8, 4) is 28.4 Å². The maximum atomic E-state index is 13.2. The average molecular weight is 471 g/mol.